The van der Waals surface area contributed by atoms with Crippen LogP contribution in [0.25, 0.3) is 10.4 Å². The molecule has 1 saturated heterocycles. The number of azide groups is 1. The van der Waals surface area contributed by atoms with Crippen LogP contribution >= 0.6 is 35.7 Å². The Kier molecular flexibility index (Phi) is 8.01. The Labute approximate surface area is 180 Å². The minimum absolute atomic E-state index is 0.00764. The molecule has 2 heterocycles. The predicted octanol–water partition coefficient (Wildman–Crippen LogP) is -0.494. The molecule has 0 saturated carbocycles. The van der Waals surface area contributed by atoms with E-state index in [1.807, 2.05) is 0 Å². The summed E-state index contributed by atoms with van der Waals surface area (Å²) in [5.74, 6) is 0. The average molecular weight is 541 g/mol. The number of hydrogen-bond acceptors (Lipinski definition) is 12. The minimum atomic E-state index is -5.85. The van der Waals surface area contributed by atoms with E-state index in [4.69, 9.17) is 37.2 Å². The Morgan fingerprint density at radius 1 is 1.25 bits per heavy atom. The van der Waals surface area contributed by atoms with Crippen molar-refractivity contribution < 1.29 is 61.4 Å². The van der Waals surface area contributed by atoms with Crippen LogP contribution in [0.15, 0.2) is 22.2 Å². The molecule has 1 aromatic heterocycles. The zero-order valence-electron chi connectivity index (χ0n) is 15.1. The molecular weight excluding hydrogens is 527 g/mol. The summed E-state index contributed by atoms with van der Waals surface area (Å²) < 4.78 is 51.2. The average Bonchev–Trinajstić information content (AvgIpc) is 2.83. The van der Waals surface area contributed by atoms with Gasteiger partial charge in [-0.15, -0.1) is 0 Å². The molecule has 180 valence electrons. The third-order valence-electron chi connectivity index (χ3n) is 3.59. The number of ether oxygens (including phenoxy) is 1. The largest absolute Gasteiger partial charge is 0.490 e. The van der Waals surface area contributed by atoms with Gasteiger partial charge in [0.05, 0.1) is 6.61 Å². The van der Waals surface area contributed by atoms with Crippen LogP contribution in [-0.4, -0.2) is 63.9 Å². The van der Waals surface area contributed by atoms with Crippen molar-refractivity contribution in [3.63, 3.8) is 0 Å². The van der Waals surface area contributed by atoms with E-state index >= 15 is 0 Å². The van der Waals surface area contributed by atoms with Crippen LogP contribution in [0.1, 0.15) is 6.23 Å². The first-order chi connectivity index (χ1) is 14.5. The van der Waals surface area contributed by atoms with Gasteiger partial charge in [0.1, 0.15) is 16.8 Å². The van der Waals surface area contributed by atoms with E-state index in [-0.39, 0.29) is 4.64 Å². The molecule has 0 amide bonds. The lowest BCUT2D eigenvalue weighted by Crippen LogP contribution is -2.44. The Morgan fingerprint density at radius 2 is 1.88 bits per heavy atom. The van der Waals surface area contributed by atoms with E-state index in [0.717, 1.165) is 6.20 Å². The maximum Gasteiger partial charge on any atom is 0.490 e. The maximum absolute atomic E-state index is 12.0. The normalized spacial score (nSPS) is 29.6. The number of aliphatic hydroxyl groups excluding tert-OH is 2. The number of aromatic nitrogens is 2. The first kappa shape index (κ1) is 26.9. The van der Waals surface area contributed by atoms with Gasteiger partial charge in [0, 0.05) is 11.1 Å². The maximum atomic E-state index is 12.0. The molecule has 0 bridgehead atoms. The SMILES string of the molecule is [N-]=[N+]=N[C@]1(COP(=O)(O)OP(=O)(O)OP(=O)(O)O)O[C@@H](n2ccc(=S)[nH]c2=O)[C@H](O)[C@@H]1O. The first-order valence-corrected chi connectivity index (χ1v) is 12.6. The van der Waals surface area contributed by atoms with Crippen LogP contribution < -0.4 is 5.69 Å². The number of aliphatic hydroxyl groups is 2. The van der Waals surface area contributed by atoms with E-state index in [9.17, 15) is 33.6 Å². The molecule has 1 aromatic rings. The van der Waals surface area contributed by atoms with Crippen LogP contribution in [-0.2, 0) is 31.6 Å². The van der Waals surface area contributed by atoms with Crippen LogP contribution in [0.4, 0.5) is 0 Å². The zero-order chi connectivity index (χ0) is 24.5. The van der Waals surface area contributed by atoms with Crippen molar-refractivity contribution in [2.45, 2.75) is 24.2 Å². The fourth-order valence-electron chi connectivity index (χ4n) is 2.40. The molecule has 0 radical (unpaired) electrons. The predicted molar refractivity (Wildman–Crippen MR) is 99.7 cm³/mol. The number of phosphoric acid groups is 3. The second-order valence-electron chi connectivity index (χ2n) is 5.86. The molecule has 23 heteroatoms. The smallest absolute Gasteiger partial charge is 0.387 e. The second kappa shape index (κ2) is 9.52. The monoisotopic (exact) mass is 541 g/mol. The molecular formula is C9H14N5O14P3S. The van der Waals surface area contributed by atoms with E-state index < -0.39 is 59.9 Å². The van der Waals surface area contributed by atoms with E-state index in [1.54, 1.807) is 0 Å². The molecule has 7 N–H and O–H groups in total. The molecule has 19 nitrogen and oxygen atoms in total. The zero-order valence-corrected chi connectivity index (χ0v) is 18.6. The molecule has 1 aliphatic rings. The van der Waals surface area contributed by atoms with Gasteiger partial charge in [0.15, 0.2) is 6.23 Å². The van der Waals surface area contributed by atoms with Crippen molar-refractivity contribution in [3.05, 3.63) is 37.8 Å². The summed E-state index contributed by atoms with van der Waals surface area (Å²) in [6.45, 7) is -1.42. The summed E-state index contributed by atoms with van der Waals surface area (Å²) >= 11 is 4.75. The van der Waals surface area contributed by atoms with Gasteiger partial charge in [-0.3, -0.25) is 14.1 Å². The first-order valence-electron chi connectivity index (χ1n) is 7.71. The van der Waals surface area contributed by atoms with Crippen molar-refractivity contribution in [3.8, 4) is 0 Å². The Hall–Kier alpha value is -1.30. The van der Waals surface area contributed by atoms with Crippen molar-refractivity contribution in [2.75, 3.05) is 6.61 Å². The molecule has 2 rings (SSSR count). The molecule has 32 heavy (non-hydrogen) atoms. The Balaban J connectivity index is 2.28. The molecule has 1 fully saturated rings. The van der Waals surface area contributed by atoms with Gasteiger partial charge in [-0.2, -0.15) is 8.62 Å². The van der Waals surface area contributed by atoms with Crippen LogP contribution in [0.5, 0.6) is 0 Å². The van der Waals surface area contributed by atoms with Gasteiger partial charge < -0.3 is 34.5 Å². The van der Waals surface area contributed by atoms with E-state index in [0.29, 0.717) is 4.57 Å². The number of H-pyrrole nitrogens is 1. The topological polar surface area (TPSA) is 296 Å². The van der Waals surface area contributed by atoms with Crippen molar-refractivity contribution >= 4 is 35.7 Å². The standard InChI is InChI=1S/C9H14N5O14P3S/c10-13-12-9(3-25-30(21,22)28-31(23,24)27-29(18,19)20)6(16)5(15)7(26-9)14-2-1-4(32)11-8(14)17/h1-2,5-7,15-16H,3H2,(H,21,22)(H,23,24)(H,11,17,32)(H2,18,19,20)/t5-,6+,7-,9-/m1/s1. The van der Waals surface area contributed by atoms with Gasteiger partial charge in [-0.05, 0) is 11.6 Å². The summed E-state index contributed by atoms with van der Waals surface area (Å²) in [6, 6.07) is 1.21. The molecule has 0 aromatic carbocycles. The third kappa shape index (κ3) is 6.61. The highest BCUT2D eigenvalue weighted by atomic mass is 32.1. The lowest BCUT2D eigenvalue weighted by atomic mass is 10.1. The lowest BCUT2D eigenvalue weighted by molar-refractivity contribution is -0.123. The van der Waals surface area contributed by atoms with Crippen molar-refractivity contribution in [1.29, 1.82) is 0 Å². The Morgan fingerprint density at radius 3 is 2.41 bits per heavy atom. The van der Waals surface area contributed by atoms with Gasteiger partial charge in [0.2, 0.25) is 5.72 Å². The fraction of sp³-hybridized carbons (Fsp3) is 0.556. The van der Waals surface area contributed by atoms with Gasteiger partial charge in [-0.25, -0.2) is 18.5 Å². The summed E-state index contributed by atoms with van der Waals surface area (Å²) in [4.78, 5) is 52.2. The molecule has 1 aliphatic heterocycles. The number of nitrogens with zero attached hydrogens (tertiary/aromatic N) is 4. The van der Waals surface area contributed by atoms with Gasteiger partial charge >= 0.3 is 29.2 Å². The highest BCUT2D eigenvalue weighted by Crippen LogP contribution is 2.66. The number of nitrogens with one attached hydrogen (secondary N) is 1. The summed E-state index contributed by atoms with van der Waals surface area (Å²) in [7, 11) is -17.2. The van der Waals surface area contributed by atoms with Crippen molar-refractivity contribution in [1.82, 2.24) is 9.55 Å². The summed E-state index contributed by atoms with van der Waals surface area (Å²) in [5, 5.41) is 23.6. The number of rotatable bonds is 9. The van der Waals surface area contributed by atoms with Gasteiger partial charge in [-0.1, -0.05) is 17.3 Å². The number of hydrogen-bond donors (Lipinski definition) is 7. The molecule has 2 unspecified atom stereocenters. The van der Waals surface area contributed by atoms with Crippen LogP contribution in [0.3, 0.4) is 0 Å². The highest BCUT2D eigenvalue weighted by molar-refractivity contribution is 7.71. The molecule has 6 atom stereocenters. The second-order valence-corrected chi connectivity index (χ2v) is 10.7. The van der Waals surface area contributed by atoms with E-state index in [1.165, 1.54) is 6.07 Å². The third-order valence-corrected chi connectivity index (χ3v) is 7.61. The fourth-order valence-corrected chi connectivity index (χ4v) is 5.60. The number of aromatic amines is 1. The Bertz CT molecular complexity index is 1170. The van der Waals surface area contributed by atoms with Crippen LogP contribution in [0, 0.1) is 4.64 Å². The molecule has 0 spiro atoms. The minimum Gasteiger partial charge on any atom is -0.387 e. The quantitative estimate of drug-likeness (QED) is 0.0682. The van der Waals surface area contributed by atoms with Gasteiger partial charge in [0.25, 0.3) is 0 Å². The summed E-state index contributed by atoms with van der Waals surface area (Å²) in [6.07, 6.45) is -4.85. The summed E-state index contributed by atoms with van der Waals surface area (Å²) in [5.41, 5.74) is 5.17. The highest BCUT2D eigenvalue weighted by Gasteiger charge is 2.56. The lowest BCUT2D eigenvalue weighted by Gasteiger charge is -2.27. The molecule has 0 aliphatic carbocycles. The van der Waals surface area contributed by atoms with Crippen molar-refractivity contribution in [2.24, 2.45) is 5.11 Å². The van der Waals surface area contributed by atoms with E-state index in [2.05, 4.69) is 28.2 Å². The number of phosphoric ester groups is 1. The van der Waals surface area contributed by atoms with Crippen LogP contribution in [0.2, 0.25) is 0 Å².